The van der Waals surface area contributed by atoms with E-state index in [1.807, 2.05) is 0 Å². The molecule has 0 bridgehead atoms. The Morgan fingerprint density at radius 3 is 2.69 bits per heavy atom. The molecule has 0 saturated carbocycles. The van der Waals surface area contributed by atoms with Crippen molar-refractivity contribution in [3.05, 3.63) is 39.7 Å². The summed E-state index contributed by atoms with van der Waals surface area (Å²) in [5.74, 6) is -0.913. The predicted molar refractivity (Wildman–Crippen MR) is 42.8 cm³/mol. The first-order chi connectivity index (χ1) is 6.15. The second kappa shape index (κ2) is 3.75. The number of hydrogen-bond acceptors (Lipinski definition) is 3. The minimum absolute atomic E-state index is 0.0644. The van der Waals surface area contributed by atoms with E-state index in [2.05, 4.69) is 0 Å². The highest BCUT2D eigenvalue weighted by atomic mass is 19.1. The summed E-state index contributed by atoms with van der Waals surface area (Å²) >= 11 is 0. The number of carbonyl (C=O) groups excluding carboxylic acids is 1. The first-order valence-corrected chi connectivity index (χ1v) is 3.51. The van der Waals surface area contributed by atoms with Crippen LogP contribution in [0.25, 0.3) is 0 Å². The first kappa shape index (κ1) is 9.31. The Labute approximate surface area is 73.1 Å². The molecule has 13 heavy (non-hydrogen) atoms. The average molecular weight is 183 g/mol. The highest BCUT2D eigenvalue weighted by molar-refractivity contribution is 5.55. The Kier molecular flexibility index (Phi) is 2.69. The molecule has 0 fully saturated rings. The van der Waals surface area contributed by atoms with Crippen LogP contribution >= 0.6 is 0 Å². The van der Waals surface area contributed by atoms with Crippen LogP contribution in [0, 0.1) is 15.9 Å². The van der Waals surface area contributed by atoms with E-state index in [0.29, 0.717) is 11.8 Å². The van der Waals surface area contributed by atoms with E-state index < -0.39 is 16.4 Å². The minimum atomic E-state index is -0.913. The maximum Gasteiger partial charge on any atom is 0.304 e. The summed E-state index contributed by atoms with van der Waals surface area (Å²) in [5.41, 5.74) is -0.146. The van der Waals surface area contributed by atoms with Gasteiger partial charge >= 0.3 is 5.69 Å². The molecule has 68 valence electrons. The lowest BCUT2D eigenvalue weighted by Crippen LogP contribution is -1.94. The molecule has 0 aromatic heterocycles. The lowest BCUT2D eigenvalue weighted by atomic mass is 10.1. The Bertz CT molecular complexity index is 351. The summed E-state index contributed by atoms with van der Waals surface area (Å²) in [6, 6.07) is 3.40. The Balaban J connectivity index is 3.05. The van der Waals surface area contributed by atoms with Gasteiger partial charge in [-0.2, -0.15) is 4.39 Å². The van der Waals surface area contributed by atoms with Crippen molar-refractivity contribution < 1.29 is 14.1 Å². The largest absolute Gasteiger partial charge is 0.304 e. The van der Waals surface area contributed by atoms with Gasteiger partial charge < -0.3 is 4.79 Å². The SMILES string of the molecule is O=CCc1ccc([N+](=O)[O-])c(F)c1. The maximum absolute atomic E-state index is 12.9. The van der Waals surface area contributed by atoms with E-state index >= 15 is 0 Å². The molecule has 4 nitrogen and oxygen atoms in total. The molecular formula is C8H6FNO3. The van der Waals surface area contributed by atoms with Crippen LogP contribution in [0.5, 0.6) is 0 Å². The van der Waals surface area contributed by atoms with Gasteiger partial charge in [0.15, 0.2) is 0 Å². The summed E-state index contributed by atoms with van der Waals surface area (Å²) in [6.45, 7) is 0. The van der Waals surface area contributed by atoms with E-state index in [-0.39, 0.29) is 6.42 Å². The van der Waals surface area contributed by atoms with Gasteiger partial charge in [0.2, 0.25) is 5.82 Å². The van der Waals surface area contributed by atoms with Crippen molar-refractivity contribution >= 4 is 12.0 Å². The van der Waals surface area contributed by atoms with Gasteiger partial charge in [0.25, 0.3) is 0 Å². The minimum Gasteiger partial charge on any atom is -0.303 e. The zero-order valence-corrected chi connectivity index (χ0v) is 6.57. The fourth-order valence-corrected chi connectivity index (χ4v) is 0.922. The Morgan fingerprint density at radius 1 is 1.54 bits per heavy atom. The summed E-state index contributed by atoms with van der Waals surface area (Å²) in [4.78, 5) is 19.4. The molecule has 0 aliphatic rings. The molecule has 0 aliphatic carbocycles. The summed E-state index contributed by atoms with van der Waals surface area (Å²) in [7, 11) is 0. The molecule has 1 aromatic carbocycles. The fourth-order valence-electron chi connectivity index (χ4n) is 0.922. The molecule has 1 aromatic rings. The van der Waals surface area contributed by atoms with Crippen LogP contribution in [0.15, 0.2) is 18.2 Å². The maximum atomic E-state index is 12.9. The van der Waals surface area contributed by atoms with E-state index in [1.54, 1.807) is 0 Å². The number of rotatable bonds is 3. The second-order valence-corrected chi connectivity index (χ2v) is 2.41. The molecule has 0 atom stereocenters. The van der Waals surface area contributed by atoms with Crippen molar-refractivity contribution in [3.63, 3.8) is 0 Å². The van der Waals surface area contributed by atoms with E-state index in [0.717, 1.165) is 12.1 Å². The van der Waals surface area contributed by atoms with Crippen LogP contribution in [-0.2, 0) is 11.2 Å². The van der Waals surface area contributed by atoms with E-state index in [4.69, 9.17) is 0 Å². The van der Waals surface area contributed by atoms with Gasteiger partial charge in [-0.3, -0.25) is 10.1 Å². The first-order valence-electron chi connectivity index (χ1n) is 3.51. The zero-order valence-electron chi connectivity index (χ0n) is 6.57. The summed E-state index contributed by atoms with van der Waals surface area (Å²) in [6.07, 6.45) is 0.676. The average Bonchev–Trinajstić information content (AvgIpc) is 2.04. The van der Waals surface area contributed by atoms with Gasteiger partial charge in [-0.05, 0) is 11.6 Å². The van der Waals surface area contributed by atoms with Gasteiger partial charge in [-0.1, -0.05) is 6.07 Å². The van der Waals surface area contributed by atoms with Crippen molar-refractivity contribution in [1.29, 1.82) is 0 Å². The third kappa shape index (κ3) is 2.08. The summed E-state index contributed by atoms with van der Waals surface area (Å²) in [5, 5.41) is 10.2. The van der Waals surface area contributed by atoms with Crippen molar-refractivity contribution in [3.8, 4) is 0 Å². The molecule has 0 aliphatic heterocycles. The lowest BCUT2D eigenvalue weighted by Gasteiger charge is -1.96. The Morgan fingerprint density at radius 2 is 2.23 bits per heavy atom. The molecular weight excluding hydrogens is 177 g/mol. The number of nitrogens with zero attached hydrogens (tertiary/aromatic N) is 1. The zero-order chi connectivity index (χ0) is 9.84. The van der Waals surface area contributed by atoms with Crippen LogP contribution in [0.4, 0.5) is 10.1 Å². The highest BCUT2D eigenvalue weighted by Gasteiger charge is 2.12. The quantitative estimate of drug-likeness (QED) is 0.405. The van der Waals surface area contributed by atoms with Crippen molar-refractivity contribution in [2.45, 2.75) is 6.42 Å². The molecule has 0 radical (unpaired) electrons. The number of aldehydes is 1. The smallest absolute Gasteiger partial charge is 0.303 e. The van der Waals surface area contributed by atoms with Crippen LogP contribution in [-0.4, -0.2) is 11.2 Å². The van der Waals surface area contributed by atoms with Crippen molar-refractivity contribution in [1.82, 2.24) is 0 Å². The highest BCUT2D eigenvalue weighted by Crippen LogP contribution is 2.17. The molecule has 5 heteroatoms. The van der Waals surface area contributed by atoms with Gasteiger partial charge in [-0.25, -0.2) is 0 Å². The lowest BCUT2D eigenvalue weighted by molar-refractivity contribution is -0.387. The van der Waals surface area contributed by atoms with Gasteiger partial charge in [0.05, 0.1) is 4.92 Å². The van der Waals surface area contributed by atoms with Crippen LogP contribution < -0.4 is 0 Å². The number of hydrogen-bond donors (Lipinski definition) is 0. The molecule has 0 spiro atoms. The second-order valence-electron chi connectivity index (χ2n) is 2.41. The van der Waals surface area contributed by atoms with E-state index in [1.165, 1.54) is 6.07 Å². The third-order valence-electron chi connectivity index (χ3n) is 1.53. The molecule has 0 saturated heterocycles. The monoisotopic (exact) mass is 183 g/mol. The molecule has 0 N–H and O–H groups in total. The number of nitro benzene ring substituents is 1. The van der Waals surface area contributed by atoms with E-state index in [9.17, 15) is 19.3 Å². The van der Waals surface area contributed by atoms with Gasteiger partial charge in [0.1, 0.15) is 6.29 Å². The van der Waals surface area contributed by atoms with Crippen molar-refractivity contribution in [2.24, 2.45) is 0 Å². The Hall–Kier alpha value is -1.78. The topological polar surface area (TPSA) is 60.2 Å². The number of carbonyl (C=O) groups is 1. The van der Waals surface area contributed by atoms with Crippen molar-refractivity contribution in [2.75, 3.05) is 0 Å². The number of benzene rings is 1. The number of nitro groups is 1. The van der Waals surface area contributed by atoms with Gasteiger partial charge in [0, 0.05) is 12.5 Å². The van der Waals surface area contributed by atoms with Crippen LogP contribution in [0.3, 0.4) is 0 Å². The normalized spacial score (nSPS) is 9.62. The van der Waals surface area contributed by atoms with Crippen LogP contribution in [0.2, 0.25) is 0 Å². The standard InChI is InChI=1S/C8H6FNO3/c9-7-5-6(3-4-11)1-2-8(7)10(12)13/h1-2,4-5H,3H2. The van der Waals surface area contributed by atoms with Crippen LogP contribution in [0.1, 0.15) is 5.56 Å². The molecule has 1 rings (SSSR count). The molecule has 0 heterocycles. The third-order valence-corrected chi connectivity index (χ3v) is 1.53. The fraction of sp³-hybridized carbons (Fsp3) is 0.125. The molecule has 0 unspecified atom stereocenters. The predicted octanol–water partition coefficient (Wildman–Crippen LogP) is 1.48. The number of halogens is 1. The summed E-state index contributed by atoms with van der Waals surface area (Å²) < 4.78 is 12.9. The molecule has 0 amide bonds. The van der Waals surface area contributed by atoms with Gasteiger partial charge in [-0.15, -0.1) is 0 Å².